The normalized spacial score (nSPS) is 11.0. The molecular formula is C24H35FN2O. The lowest BCUT2D eigenvalue weighted by atomic mass is 10.1. The van der Waals surface area contributed by atoms with Crippen molar-refractivity contribution >= 4 is 0 Å². The quantitative estimate of drug-likeness (QED) is 0.323. The molecule has 0 aliphatic heterocycles. The molecule has 4 heteroatoms. The summed E-state index contributed by atoms with van der Waals surface area (Å²) in [5, 5.41) is 0. The van der Waals surface area contributed by atoms with Gasteiger partial charge in [-0.3, -0.25) is 9.97 Å². The van der Waals surface area contributed by atoms with Crippen LogP contribution >= 0.6 is 0 Å². The number of benzene rings is 1. The Kier molecular flexibility index (Phi) is 10.6. The Morgan fingerprint density at radius 3 is 2.07 bits per heavy atom. The molecule has 0 fully saturated rings. The number of rotatable bonds is 14. The van der Waals surface area contributed by atoms with Gasteiger partial charge in [-0.1, -0.05) is 64.7 Å². The van der Waals surface area contributed by atoms with Crippen molar-refractivity contribution in [1.82, 2.24) is 9.97 Å². The minimum atomic E-state index is -0.365. The number of ether oxygens (including phenoxy) is 1. The highest BCUT2D eigenvalue weighted by Gasteiger charge is 2.07. The Labute approximate surface area is 169 Å². The van der Waals surface area contributed by atoms with Gasteiger partial charge in [0.2, 0.25) is 0 Å². The van der Waals surface area contributed by atoms with Gasteiger partial charge in [0.1, 0.15) is 0 Å². The van der Waals surface area contributed by atoms with E-state index in [1.807, 2.05) is 19.2 Å². The second-order valence-corrected chi connectivity index (χ2v) is 7.40. The Morgan fingerprint density at radius 2 is 1.50 bits per heavy atom. The average Bonchev–Trinajstić information content (AvgIpc) is 2.71. The smallest absolute Gasteiger partial charge is 0.165 e. The van der Waals surface area contributed by atoms with Gasteiger partial charge in [0.25, 0.3) is 0 Å². The van der Waals surface area contributed by atoms with Gasteiger partial charge in [-0.25, -0.2) is 4.39 Å². The zero-order chi connectivity index (χ0) is 20.0. The molecule has 0 atom stereocenters. The van der Waals surface area contributed by atoms with Crippen molar-refractivity contribution in [3.63, 3.8) is 0 Å². The first-order valence-corrected chi connectivity index (χ1v) is 11.0. The molecule has 3 nitrogen and oxygen atoms in total. The summed E-state index contributed by atoms with van der Waals surface area (Å²) in [6.45, 7) is 4.55. The van der Waals surface area contributed by atoms with E-state index in [1.165, 1.54) is 63.9 Å². The van der Waals surface area contributed by atoms with Crippen LogP contribution in [0.15, 0.2) is 30.6 Å². The van der Waals surface area contributed by atoms with Crippen LogP contribution in [0.5, 0.6) is 5.75 Å². The van der Waals surface area contributed by atoms with Crippen molar-refractivity contribution in [2.75, 3.05) is 6.61 Å². The molecule has 0 bridgehead atoms. The lowest BCUT2D eigenvalue weighted by molar-refractivity contribution is 0.321. The van der Waals surface area contributed by atoms with Crippen LogP contribution in [0.25, 0.3) is 11.3 Å². The number of aromatic nitrogens is 2. The molecule has 0 spiro atoms. The molecule has 0 radical (unpaired) electrons. The van der Waals surface area contributed by atoms with Gasteiger partial charge < -0.3 is 4.74 Å². The number of hydrogen-bond donors (Lipinski definition) is 0. The van der Waals surface area contributed by atoms with Crippen LogP contribution in [0.2, 0.25) is 0 Å². The van der Waals surface area contributed by atoms with Gasteiger partial charge in [0, 0.05) is 11.8 Å². The average molecular weight is 387 g/mol. The first-order chi connectivity index (χ1) is 13.7. The zero-order valence-corrected chi connectivity index (χ0v) is 17.6. The minimum Gasteiger partial charge on any atom is -0.491 e. The summed E-state index contributed by atoms with van der Waals surface area (Å²) in [6, 6.07) is 4.92. The van der Waals surface area contributed by atoms with E-state index >= 15 is 0 Å². The molecule has 1 aromatic heterocycles. The molecule has 0 saturated carbocycles. The Morgan fingerprint density at radius 1 is 0.821 bits per heavy atom. The molecule has 2 aromatic rings. The minimum absolute atomic E-state index is 0.275. The first-order valence-electron chi connectivity index (χ1n) is 11.0. The molecule has 1 aromatic carbocycles. The second-order valence-electron chi connectivity index (χ2n) is 7.40. The van der Waals surface area contributed by atoms with Gasteiger partial charge in [-0.2, -0.15) is 0 Å². The molecular weight excluding hydrogens is 351 g/mol. The zero-order valence-electron chi connectivity index (χ0n) is 17.6. The Balaban J connectivity index is 1.67. The van der Waals surface area contributed by atoms with Gasteiger partial charge in [-0.15, -0.1) is 0 Å². The van der Waals surface area contributed by atoms with E-state index in [4.69, 9.17) is 4.74 Å². The van der Waals surface area contributed by atoms with Crippen LogP contribution in [-0.4, -0.2) is 16.6 Å². The van der Waals surface area contributed by atoms with Crippen molar-refractivity contribution in [3.8, 4) is 17.0 Å². The first kappa shape index (κ1) is 22.3. The van der Waals surface area contributed by atoms with Crippen molar-refractivity contribution in [1.29, 1.82) is 0 Å². The predicted octanol–water partition coefficient (Wildman–Crippen LogP) is 7.14. The third-order valence-electron chi connectivity index (χ3n) is 5.02. The van der Waals surface area contributed by atoms with Crippen molar-refractivity contribution < 1.29 is 9.13 Å². The summed E-state index contributed by atoms with van der Waals surface area (Å²) >= 11 is 0. The summed E-state index contributed by atoms with van der Waals surface area (Å²) in [5.41, 5.74) is 2.42. The third-order valence-corrected chi connectivity index (χ3v) is 5.02. The van der Waals surface area contributed by atoms with E-state index in [-0.39, 0.29) is 11.6 Å². The van der Waals surface area contributed by atoms with Gasteiger partial charge in [0.05, 0.1) is 24.2 Å². The van der Waals surface area contributed by atoms with Crippen LogP contribution in [-0.2, 0) is 6.42 Å². The fourth-order valence-corrected chi connectivity index (χ4v) is 3.36. The van der Waals surface area contributed by atoms with Crippen molar-refractivity contribution in [2.24, 2.45) is 0 Å². The number of unbranched alkanes of at least 4 members (excludes halogenated alkanes) is 9. The van der Waals surface area contributed by atoms with Crippen LogP contribution in [0.1, 0.15) is 83.7 Å². The van der Waals surface area contributed by atoms with Gasteiger partial charge >= 0.3 is 0 Å². The van der Waals surface area contributed by atoms with E-state index < -0.39 is 0 Å². The Bertz CT molecular complexity index is 673. The van der Waals surface area contributed by atoms with E-state index in [1.54, 1.807) is 12.3 Å². The maximum absolute atomic E-state index is 14.0. The predicted molar refractivity (Wildman–Crippen MR) is 114 cm³/mol. The molecule has 0 aliphatic carbocycles. The molecule has 1 heterocycles. The number of aryl methyl sites for hydroxylation is 1. The number of hydrogen-bond acceptors (Lipinski definition) is 3. The lowest BCUT2D eigenvalue weighted by Crippen LogP contribution is -1.96. The molecule has 0 unspecified atom stereocenters. The van der Waals surface area contributed by atoms with E-state index in [0.29, 0.717) is 12.3 Å². The summed E-state index contributed by atoms with van der Waals surface area (Å²) in [6.07, 6.45) is 17.8. The van der Waals surface area contributed by atoms with Crippen LogP contribution in [0.4, 0.5) is 4.39 Å². The monoisotopic (exact) mass is 386 g/mol. The number of halogens is 1. The maximum Gasteiger partial charge on any atom is 0.165 e. The molecule has 28 heavy (non-hydrogen) atoms. The molecule has 0 aliphatic rings. The van der Waals surface area contributed by atoms with Crippen molar-refractivity contribution in [2.45, 2.75) is 84.5 Å². The molecule has 0 N–H and O–H groups in total. The molecule has 0 amide bonds. The SMILES string of the molecule is CCCCCCCCCCCCc1cnc(-c2ccc(OCC)c(F)c2)cn1. The van der Waals surface area contributed by atoms with E-state index in [0.717, 1.165) is 24.1 Å². The molecule has 2 rings (SSSR count). The third kappa shape index (κ3) is 7.95. The molecule has 154 valence electrons. The van der Waals surface area contributed by atoms with Crippen LogP contribution in [0.3, 0.4) is 0 Å². The standard InChI is InChI=1S/C24H35FN2O/c1-3-5-6-7-8-9-10-11-12-13-14-21-18-27-23(19-26-21)20-15-16-24(28-4-2)22(25)17-20/h15-19H,3-14H2,1-2H3. The summed E-state index contributed by atoms with van der Waals surface area (Å²) < 4.78 is 19.2. The topological polar surface area (TPSA) is 35.0 Å². The fraction of sp³-hybridized carbons (Fsp3) is 0.583. The van der Waals surface area contributed by atoms with Crippen molar-refractivity contribution in [3.05, 3.63) is 42.1 Å². The van der Waals surface area contributed by atoms with E-state index in [9.17, 15) is 4.39 Å². The van der Waals surface area contributed by atoms with Gasteiger partial charge in [0.15, 0.2) is 11.6 Å². The largest absolute Gasteiger partial charge is 0.491 e. The second kappa shape index (κ2) is 13.2. The van der Waals surface area contributed by atoms with Crippen LogP contribution < -0.4 is 4.74 Å². The number of nitrogens with zero attached hydrogens (tertiary/aromatic N) is 2. The van der Waals surface area contributed by atoms with E-state index in [2.05, 4.69) is 16.9 Å². The summed E-state index contributed by atoms with van der Waals surface area (Å²) in [4.78, 5) is 8.96. The van der Waals surface area contributed by atoms with Crippen LogP contribution in [0, 0.1) is 5.82 Å². The molecule has 0 saturated heterocycles. The highest BCUT2D eigenvalue weighted by molar-refractivity contribution is 5.59. The Hall–Kier alpha value is -1.97. The maximum atomic E-state index is 14.0. The fourth-order valence-electron chi connectivity index (χ4n) is 3.36. The lowest BCUT2D eigenvalue weighted by Gasteiger charge is -2.07. The van der Waals surface area contributed by atoms with Gasteiger partial charge in [-0.05, 0) is 38.0 Å². The highest BCUT2D eigenvalue weighted by Crippen LogP contribution is 2.24. The highest BCUT2D eigenvalue weighted by atomic mass is 19.1. The summed E-state index contributed by atoms with van der Waals surface area (Å²) in [5.74, 6) is -0.0904. The summed E-state index contributed by atoms with van der Waals surface area (Å²) in [7, 11) is 0.